The Labute approximate surface area is 112 Å². The Morgan fingerprint density at radius 3 is 3.00 bits per heavy atom. The number of amides is 1. The maximum atomic E-state index is 11.3. The highest BCUT2D eigenvalue weighted by atomic mass is 79.9. The molecule has 0 aliphatic carbocycles. The van der Waals surface area contributed by atoms with Gasteiger partial charge in [-0.25, -0.2) is 4.98 Å². The van der Waals surface area contributed by atoms with Crippen LogP contribution in [0.3, 0.4) is 0 Å². The van der Waals surface area contributed by atoms with E-state index >= 15 is 0 Å². The van der Waals surface area contributed by atoms with Crippen LogP contribution in [-0.2, 0) is 4.79 Å². The standard InChI is InChI=1S/C12H11BrN2OS/c1-8-14-11(7-17-8)9-3-2-4-10(5-9)15-12(16)6-13/h2-5,7H,6H2,1H3,(H,15,16). The zero-order valence-electron chi connectivity index (χ0n) is 9.24. The van der Waals surface area contributed by atoms with Crippen LogP contribution in [0.15, 0.2) is 29.6 Å². The fourth-order valence-electron chi connectivity index (χ4n) is 1.45. The Hall–Kier alpha value is -1.20. The average molecular weight is 311 g/mol. The van der Waals surface area contributed by atoms with Crippen molar-refractivity contribution in [1.82, 2.24) is 4.98 Å². The number of halogens is 1. The first-order valence-corrected chi connectivity index (χ1v) is 7.07. The van der Waals surface area contributed by atoms with E-state index in [9.17, 15) is 4.79 Å². The molecule has 2 aromatic rings. The van der Waals surface area contributed by atoms with Gasteiger partial charge in [-0.3, -0.25) is 4.79 Å². The van der Waals surface area contributed by atoms with Gasteiger partial charge in [-0.15, -0.1) is 11.3 Å². The number of anilines is 1. The van der Waals surface area contributed by atoms with Crippen LogP contribution in [0.5, 0.6) is 0 Å². The minimum atomic E-state index is -0.0587. The summed E-state index contributed by atoms with van der Waals surface area (Å²) in [6.07, 6.45) is 0. The van der Waals surface area contributed by atoms with Crippen molar-refractivity contribution in [2.75, 3.05) is 10.6 Å². The second-order valence-corrected chi connectivity index (χ2v) is 5.14. The maximum Gasteiger partial charge on any atom is 0.235 e. The molecule has 17 heavy (non-hydrogen) atoms. The molecule has 0 saturated carbocycles. The molecule has 3 nitrogen and oxygen atoms in total. The lowest BCUT2D eigenvalue weighted by Crippen LogP contribution is -2.12. The van der Waals surface area contributed by atoms with Crippen molar-refractivity contribution in [3.05, 3.63) is 34.7 Å². The van der Waals surface area contributed by atoms with E-state index < -0.39 is 0 Å². The van der Waals surface area contributed by atoms with Crippen LogP contribution >= 0.6 is 27.3 Å². The number of benzene rings is 1. The quantitative estimate of drug-likeness (QED) is 0.882. The summed E-state index contributed by atoms with van der Waals surface area (Å²) >= 11 is 4.73. The second kappa shape index (κ2) is 5.42. The molecule has 0 atom stereocenters. The van der Waals surface area contributed by atoms with Crippen LogP contribution in [-0.4, -0.2) is 16.2 Å². The predicted octanol–water partition coefficient (Wildman–Crippen LogP) is 3.45. The number of hydrogen-bond donors (Lipinski definition) is 1. The van der Waals surface area contributed by atoms with Gasteiger partial charge < -0.3 is 5.32 Å². The highest BCUT2D eigenvalue weighted by molar-refractivity contribution is 9.09. The van der Waals surface area contributed by atoms with Gasteiger partial charge in [0.25, 0.3) is 0 Å². The summed E-state index contributed by atoms with van der Waals surface area (Å²) in [5.74, 6) is -0.0587. The summed E-state index contributed by atoms with van der Waals surface area (Å²) in [6.45, 7) is 1.98. The molecule has 1 heterocycles. The summed E-state index contributed by atoms with van der Waals surface area (Å²) in [5.41, 5.74) is 2.75. The van der Waals surface area contributed by atoms with Gasteiger partial charge in [-0.2, -0.15) is 0 Å². The Morgan fingerprint density at radius 1 is 1.53 bits per heavy atom. The summed E-state index contributed by atoms with van der Waals surface area (Å²) in [6, 6.07) is 7.68. The van der Waals surface area contributed by atoms with E-state index in [0.717, 1.165) is 22.0 Å². The number of hydrogen-bond acceptors (Lipinski definition) is 3. The van der Waals surface area contributed by atoms with Crippen molar-refractivity contribution in [1.29, 1.82) is 0 Å². The molecule has 0 bridgehead atoms. The Bertz CT molecular complexity index is 539. The monoisotopic (exact) mass is 310 g/mol. The summed E-state index contributed by atoms with van der Waals surface area (Å²) in [5, 5.41) is 6.15. The van der Waals surface area contributed by atoms with Crippen molar-refractivity contribution < 1.29 is 4.79 Å². The smallest absolute Gasteiger partial charge is 0.235 e. The lowest BCUT2D eigenvalue weighted by Gasteiger charge is -2.04. The largest absolute Gasteiger partial charge is 0.325 e. The first-order chi connectivity index (χ1) is 8.19. The number of aryl methyl sites for hydroxylation is 1. The fraction of sp³-hybridized carbons (Fsp3) is 0.167. The number of carbonyl (C=O) groups is 1. The molecule has 0 unspecified atom stereocenters. The van der Waals surface area contributed by atoms with Crippen LogP contribution in [0.2, 0.25) is 0 Å². The van der Waals surface area contributed by atoms with Crippen LogP contribution in [0, 0.1) is 6.92 Å². The Balaban J connectivity index is 2.25. The third kappa shape index (κ3) is 3.14. The average Bonchev–Trinajstić information content (AvgIpc) is 2.76. The third-order valence-electron chi connectivity index (χ3n) is 2.18. The molecule has 0 fully saturated rings. The fourth-order valence-corrected chi connectivity index (χ4v) is 2.21. The van der Waals surface area contributed by atoms with Crippen LogP contribution in [0.4, 0.5) is 5.69 Å². The van der Waals surface area contributed by atoms with E-state index in [1.807, 2.05) is 36.6 Å². The van der Waals surface area contributed by atoms with Gasteiger partial charge in [0.1, 0.15) is 0 Å². The van der Waals surface area contributed by atoms with Crippen molar-refractivity contribution in [2.45, 2.75) is 6.92 Å². The SMILES string of the molecule is Cc1nc(-c2cccc(NC(=O)CBr)c2)cs1. The first-order valence-electron chi connectivity index (χ1n) is 5.07. The molecule has 0 spiro atoms. The van der Waals surface area contributed by atoms with Gasteiger partial charge in [0.05, 0.1) is 16.0 Å². The van der Waals surface area contributed by atoms with Crippen molar-refractivity contribution in [2.24, 2.45) is 0 Å². The van der Waals surface area contributed by atoms with E-state index in [-0.39, 0.29) is 5.91 Å². The van der Waals surface area contributed by atoms with Gasteiger partial charge in [0.15, 0.2) is 0 Å². The number of alkyl halides is 1. The molecule has 2 rings (SSSR count). The van der Waals surface area contributed by atoms with E-state index in [0.29, 0.717) is 5.33 Å². The number of thiazole rings is 1. The topological polar surface area (TPSA) is 42.0 Å². The summed E-state index contributed by atoms with van der Waals surface area (Å²) < 4.78 is 0. The molecular formula is C12H11BrN2OS. The highest BCUT2D eigenvalue weighted by Gasteiger charge is 2.04. The minimum Gasteiger partial charge on any atom is -0.325 e. The molecule has 5 heteroatoms. The second-order valence-electron chi connectivity index (χ2n) is 3.51. The number of nitrogens with zero attached hydrogens (tertiary/aromatic N) is 1. The first kappa shape index (κ1) is 12.3. The Kier molecular flexibility index (Phi) is 3.91. The van der Waals surface area contributed by atoms with Gasteiger partial charge in [0, 0.05) is 16.6 Å². The molecule has 1 N–H and O–H groups in total. The minimum absolute atomic E-state index is 0.0587. The van der Waals surface area contributed by atoms with Gasteiger partial charge in [0.2, 0.25) is 5.91 Å². The van der Waals surface area contributed by atoms with Crippen molar-refractivity contribution in [3.8, 4) is 11.3 Å². The van der Waals surface area contributed by atoms with E-state index in [4.69, 9.17) is 0 Å². The van der Waals surface area contributed by atoms with E-state index in [1.165, 1.54) is 0 Å². The maximum absolute atomic E-state index is 11.3. The number of carbonyl (C=O) groups excluding carboxylic acids is 1. The van der Waals surface area contributed by atoms with Gasteiger partial charge in [-0.1, -0.05) is 28.1 Å². The molecule has 1 aromatic carbocycles. The summed E-state index contributed by atoms with van der Waals surface area (Å²) in [7, 11) is 0. The molecule has 0 aliphatic rings. The number of rotatable bonds is 3. The van der Waals surface area contributed by atoms with Gasteiger partial charge >= 0.3 is 0 Å². The van der Waals surface area contributed by atoms with Crippen molar-refractivity contribution in [3.63, 3.8) is 0 Å². The lowest BCUT2D eigenvalue weighted by molar-refractivity contribution is -0.113. The zero-order valence-corrected chi connectivity index (χ0v) is 11.6. The van der Waals surface area contributed by atoms with Crippen LogP contribution in [0.1, 0.15) is 5.01 Å². The highest BCUT2D eigenvalue weighted by Crippen LogP contribution is 2.24. The van der Waals surface area contributed by atoms with Crippen molar-refractivity contribution >= 4 is 38.9 Å². The van der Waals surface area contributed by atoms with Crippen LogP contribution < -0.4 is 5.32 Å². The number of nitrogens with one attached hydrogen (secondary N) is 1. The van der Waals surface area contributed by atoms with E-state index in [2.05, 4.69) is 26.2 Å². The third-order valence-corrected chi connectivity index (χ3v) is 3.47. The molecular weight excluding hydrogens is 300 g/mol. The summed E-state index contributed by atoms with van der Waals surface area (Å²) in [4.78, 5) is 15.7. The zero-order chi connectivity index (χ0) is 12.3. The number of aromatic nitrogens is 1. The van der Waals surface area contributed by atoms with Gasteiger partial charge in [-0.05, 0) is 19.1 Å². The lowest BCUT2D eigenvalue weighted by atomic mass is 10.1. The normalized spacial score (nSPS) is 10.2. The molecule has 0 radical (unpaired) electrons. The molecule has 1 aromatic heterocycles. The van der Waals surface area contributed by atoms with Crippen LogP contribution in [0.25, 0.3) is 11.3 Å². The predicted molar refractivity (Wildman–Crippen MR) is 74.7 cm³/mol. The molecule has 1 amide bonds. The van der Waals surface area contributed by atoms with E-state index in [1.54, 1.807) is 11.3 Å². The molecule has 88 valence electrons. The molecule has 0 saturated heterocycles. The Morgan fingerprint density at radius 2 is 2.35 bits per heavy atom. The molecule has 0 aliphatic heterocycles.